The Kier molecular flexibility index (Phi) is 7.79. The first-order valence-corrected chi connectivity index (χ1v) is 10.7. The molecular weight excluding hydrogens is 320 g/mol. The van der Waals surface area contributed by atoms with E-state index in [0.29, 0.717) is 17.6 Å². The third-order valence-corrected chi connectivity index (χ3v) is 6.03. The summed E-state index contributed by atoms with van der Waals surface area (Å²) in [7, 11) is 0. The van der Waals surface area contributed by atoms with E-state index in [4.69, 9.17) is 0 Å². The highest BCUT2D eigenvalue weighted by molar-refractivity contribution is 6.09. The fraction of sp³-hybridized carbons (Fsp3) is 0.783. The molecule has 0 bridgehead atoms. The summed E-state index contributed by atoms with van der Waals surface area (Å²) in [5, 5.41) is 0. The lowest BCUT2D eigenvalue weighted by molar-refractivity contribution is -0.113. The number of hydrogen-bond acceptors (Lipinski definition) is 3. The molecule has 2 heterocycles. The Morgan fingerprint density at radius 1 is 0.808 bits per heavy atom. The Morgan fingerprint density at radius 3 is 1.54 bits per heavy atom. The minimum atomic E-state index is 0.337. The zero-order chi connectivity index (χ0) is 19.3. The van der Waals surface area contributed by atoms with E-state index in [2.05, 4.69) is 51.3 Å². The molecule has 0 saturated carbocycles. The van der Waals surface area contributed by atoms with Crippen molar-refractivity contribution in [3.8, 4) is 0 Å². The molecular formula is C23H40N2O. The number of carbonyl (C=O) groups excluding carboxylic acids is 1. The molecule has 0 saturated heterocycles. The summed E-state index contributed by atoms with van der Waals surface area (Å²) in [6.45, 7) is 17.8. The number of nitrogens with zero attached hydrogens (tertiary/aromatic N) is 2. The van der Waals surface area contributed by atoms with Crippen molar-refractivity contribution in [3.05, 3.63) is 22.5 Å². The van der Waals surface area contributed by atoms with Crippen molar-refractivity contribution in [1.29, 1.82) is 0 Å². The van der Waals surface area contributed by atoms with Gasteiger partial charge in [0.2, 0.25) is 0 Å². The molecule has 26 heavy (non-hydrogen) atoms. The van der Waals surface area contributed by atoms with Gasteiger partial charge in [-0.2, -0.15) is 0 Å². The van der Waals surface area contributed by atoms with Crippen LogP contribution in [0.1, 0.15) is 80.1 Å². The fourth-order valence-electron chi connectivity index (χ4n) is 4.10. The largest absolute Gasteiger partial charge is 0.375 e. The molecule has 2 rings (SSSR count). The zero-order valence-corrected chi connectivity index (χ0v) is 18.0. The monoisotopic (exact) mass is 360 g/mol. The highest BCUT2D eigenvalue weighted by Gasteiger charge is 2.28. The lowest BCUT2D eigenvalue weighted by Gasteiger charge is -2.35. The van der Waals surface area contributed by atoms with Crippen LogP contribution in [0.4, 0.5) is 0 Å². The van der Waals surface area contributed by atoms with E-state index < -0.39 is 0 Å². The van der Waals surface area contributed by atoms with Crippen molar-refractivity contribution in [2.24, 2.45) is 11.8 Å². The van der Waals surface area contributed by atoms with E-state index in [1.165, 1.54) is 24.2 Å². The molecule has 0 spiro atoms. The van der Waals surface area contributed by atoms with E-state index in [9.17, 15) is 4.79 Å². The minimum absolute atomic E-state index is 0.337. The van der Waals surface area contributed by atoms with Gasteiger partial charge < -0.3 is 9.80 Å². The van der Waals surface area contributed by atoms with Crippen LogP contribution in [0, 0.1) is 11.8 Å². The summed E-state index contributed by atoms with van der Waals surface area (Å²) in [5.41, 5.74) is 4.64. The number of hydrogen-bond donors (Lipinski definition) is 0. The van der Waals surface area contributed by atoms with Gasteiger partial charge in [0.1, 0.15) is 0 Å². The maximum Gasteiger partial charge on any atom is 0.188 e. The van der Waals surface area contributed by atoms with Crippen LogP contribution in [0.25, 0.3) is 0 Å². The van der Waals surface area contributed by atoms with E-state index in [1.807, 2.05) is 0 Å². The Balaban J connectivity index is 2.17. The minimum Gasteiger partial charge on any atom is -0.375 e. The van der Waals surface area contributed by atoms with Crippen LogP contribution in [-0.2, 0) is 4.79 Å². The van der Waals surface area contributed by atoms with E-state index in [-0.39, 0.29) is 0 Å². The molecule has 0 aliphatic carbocycles. The molecule has 0 aromatic heterocycles. The van der Waals surface area contributed by atoms with E-state index in [0.717, 1.165) is 63.0 Å². The fourth-order valence-corrected chi connectivity index (χ4v) is 4.10. The first-order chi connectivity index (χ1) is 12.3. The van der Waals surface area contributed by atoms with Gasteiger partial charge in [-0.05, 0) is 64.2 Å². The Labute approximate surface area is 161 Å². The molecule has 3 heteroatoms. The summed E-state index contributed by atoms with van der Waals surface area (Å²) in [6.07, 6.45) is 6.52. The third kappa shape index (κ3) is 5.37. The lowest BCUT2D eigenvalue weighted by atomic mass is 9.89. The Morgan fingerprint density at radius 2 is 1.19 bits per heavy atom. The summed E-state index contributed by atoms with van der Waals surface area (Å²) < 4.78 is 0. The highest BCUT2D eigenvalue weighted by atomic mass is 16.1. The molecule has 0 aromatic carbocycles. The number of carbonyl (C=O) groups is 1. The average molecular weight is 361 g/mol. The zero-order valence-electron chi connectivity index (χ0n) is 18.0. The van der Waals surface area contributed by atoms with Gasteiger partial charge in [-0.1, -0.05) is 27.7 Å². The normalized spacial score (nSPS) is 19.2. The molecule has 148 valence electrons. The number of allylic oxidation sites excluding steroid dienone is 4. The molecule has 0 atom stereocenters. The lowest BCUT2D eigenvalue weighted by Crippen LogP contribution is -2.34. The van der Waals surface area contributed by atoms with Crippen molar-refractivity contribution in [2.75, 3.05) is 26.2 Å². The second-order valence-electron chi connectivity index (χ2n) is 9.00. The molecule has 0 radical (unpaired) electrons. The topological polar surface area (TPSA) is 23.6 Å². The molecule has 2 aliphatic rings. The Hall–Kier alpha value is -1.25. The SMILES string of the molecule is CC1=C(C(=O)C2=C(C)N(CCC(C)C)CCC2)CCCN1CCC(C)C. The molecule has 2 aliphatic heterocycles. The highest BCUT2D eigenvalue weighted by Crippen LogP contribution is 2.31. The summed E-state index contributed by atoms with van der Waals surface area (Å²) in [4.78, 5) is 18.3. The molecule has 0 aromatic rings. The number of rotatable bonds is 8. The smallest absolute Gasteiger partial charge is 0.188 e. The maximum atomic E-state index is 13.4. The quantitative estimate of drug-likeness (QED) is 0.580. The van der Waals surface area contributed by atoms with Gasteiger partial charge in [-0.3, -0.25) is 4.79 Å². The standard InChI is InChI=1S/C23H40N2O/c1-17(2)11-15-24-13-7-9-21(19(24)5)23(26)22-10-8-14-25(20(22)6)16-12-18(3)4/h17-18H,7-16H2,1-6H3. The van der Waals surface area contributed by atoms with Crippen LogP contribution in [-0.4, -0.2) is 41.8 Å². The van der Waals surface area contributed by atoms with Crippen LogP contribution in [0.15, 0.2) is 22.5 Å². The van der Waals surface area contributed by atoms with Crippen molar-refractivity contribution in [2.45, 2.75) is 80.1 Å². The first-order valence-electron chi connectivity index (χ1n) is 10.7. The second-order valence-corrected chi connectivity index (χ2v) is 9.00. The van der Waals surface area contributed by atoms with Gasteiger partial charge in [-0.25, -0.2) is 0 Å². The Bertz CT molecular complexity index is 509. The van der Waals surface area contributed by atoms with Gasteiger partial charge in [0.05, 0.1) is 0 Å². The summed E-state index contributed by atoms with van der Waals surface area (Å²) in [5.74, 6) is 1.76. The molecule has 0 amide bonds. The summed E-state index contributed by atoms with van der Waals surface area (Å²) in [6, 6.07) is 0. The number of Topliss-reactive ketones (excluding diaryl/α,β-unsaturated/α-hetero) is 1. The van der Waals surface area contributed by atoms with Crippen LogP contribution in [0.5, 0.6) is 0 Å². The van der Waals surface area contributed by atoms with Crippen molar-refractivity contribution in [3.63, 3.8) is 0 Å². The second kappa shape index (κ2) is 9.62. The van der Waals surface area contributed by atoms with Crippen LogP contribution < -0.4 is 0 Å². The van der Waals surface area contributed by atoms with E-state index >= 15 is 0 Å². The van der Waals surface area contributed by atoms with Crippen molar-refractivity contribution in [1.82, 2.24) is 9.80 Å². The third-order valence-electron chi connectivity index (χ3n) is 6.03. The van der Waals surface area contributed by atoms with Crippen LogP contribution in [0.2, 0.25) is 0 Å². The molecule has 3 nitrogen and oxygen atoms in total. The van der Waals surface area contributed by atoms with Gasteiger partial charge in [0, 0.05) is 48.7 Å². The van der Waals surface area contributed by atoms with Crippen LogP contribution >= 0.6 is 0 Å². The van der Waals surface area contributed by atoms with Crippen molar-refractivity contribution >= 4 is 5.78 Å². The molecule has 0 N–H and O–H groups in total. The summed E-state index contributed by atoms with van der Waals surface area (Å²) >= 11 is 0. The molecule has 0 fully saturated rings. The molecule has 0 unspecified atom stereocenters. The first kappa shape index (κ1) is 21.1. The van der Waals surface area contributed by atoms with Gasteiger partial charge in [0.25, 0.3) is 0 Å². The van der Waals surface area contributed by atoms with E-state index in [1.54, 1.807) is 0 Å². The van der Waals surface area contributed by atoms with Crippen LogP contribution in [0.3, 0.4) is 0 Å². The van der Waals surface area contributed by atoms with Gasteiger partial charge in [0.15, 0.2) is 5.78 Å². The number of ketones is 1. The van der Waals surface area contributed by atoms with Crippen molar-refractivity contribution < 1.29 is 4.79 Å². The maximum absolute atomic E-state index is 13.4. The predicted octanol–water partition coefficient (Wildman–Crippen LogP) is 5.39. The predicted molar refractivity (Wildman–Crippen MR) is 111 cm³/mol. The average Bonchev–Trinajstić information content (AvgIpc) is 2.59. The van der Waals surface area contributed by atoms with Gasteiger partial charge >= 0.3 is 0 Å². The van der Waals surface area contributed by atoms with Gasteiger partial charge in [-0.15, -0.1) is 0 Å².